The van der Waals surface area contributed by atoms with Crippen LogP contribution in [0.4, 0.5) is 0 Å². The Morgan fingerprint density at radius 1 is 1.20 bits per heavy atom. The van der Waals surface area contributed by atoms with Gasteiger partial charge in [0.2, 0.25) is 12.2 Å². The van der Waals surface area contributed by atoms with Gasteiger partial charge in [-0.25, -0.2) is 4.79 Å². The van der Waals surface area contributed by atoms with Crippen LogP contribution in [0, 0.1) is 0 Å². The second-order valence-electron chi connectivity index (χ2n) is 4.25. The van der Waals surface area contributed by atoms with Gasteiger partial charge >= 0.3 is 5.97 Å². The Bertz CT molecular complexity index is 618. The van der Waals surface area contributed by atoms with E-state index in [4.69, 9.17) is 9.84 Å². The maximum atomic E-state index is 10.8. The molecule has 0 aliphatic heterocycles. The summed E-state index contributed by atoms with van der Waals surface area (Å²) in [5.41, 5.74) is 1.86. The van der Waals surface area contributed by atoms with E-state index < -0.39 is 5.97 Å². The van der Waals surface area contributed by atoms with Gasteiger partial charge in [0.1, 0.15) is 5.75 Å². The number of pyridine rings is 1. The van der Waals surface area contributed by atoms with Crippen LogP contribution in [0.25, 0.3) is 12.2 Å². The Morgan fingerprint density at radius 3 is 2.60 bits per heavy atom. The molecule has 0 radical (unpaired) electrons. The normalized spacial score (nSPS) is 10.7. The summed E-state index contributed by atoms with van der Waals surface area (Å²) in [6.07, 6.45) is 5.58. The van der Waals surface area contributed by atoms with Crippen LogP contribution < -0.4 is 9.30 Å². The standard InChI is InChI=1S/C16H15NO3/c1-20-15-9-6-13(7-10-15)5-8-14-4-2-3-11-17(14)12-16(18)19/h2-11H,12H2,1H3/p+1/b8-5+. The summed E-state index contributed by atoms with van der Waals surface area (Å²) in [6.45, 7) is -0.0525. The highest BCUT2D eigenvalue weighted by molar-refractivity contribution is 5.68. The van der Waals surface area contributed by atoms with Gasteiger partial charge in [-0.3, -0.25) is 0 Å². The molecule has 2 aromatic rings. The van der Waals surface area contributed by atoms with Crippen molar-refractivity contribution in [2.45, 2.75) is 6.54 Å². The second-order valence-corrected chi connectivity index (χ2v) is 4.25. The van der Waals surface area contributed by atoms with E-state index in [2.05, 4.69) is 0 Å². The summed E-state index contributed by atoms with van der Waals surface area (Å²) < 4.78 is 6.78. The van der Waals surface area contributed by atoms with Crippen molar-refractivity contribution in [3.8, 4) is 5.75 Å². The highest BCUT2D eigenvalue weighted by atomic mass is 16.5. The molecule has 1 N–H and O–H groups in total. The number of hydrogen-bond donors (Lipinski definition) is 1. The van der Waals surface area contributed by atoms with Crippen LogP contribution in [0.1, 0.15) is 11.3 Å². The van der Waals surface area contributed by atoms with E-state index in [1.807, 2.05) is 54.6 Å². The predicted octanol–water partition coefficient (Wildman–Crippen LogP) is 2.24. The fraction of sp³-hybridized carbons (Fsp3) is 0.125. The molecule has 20 heavy (non-hydrogen) atoms. The third-order valence-electron chi connectivity index (χ3n) is 2.84. The van der Waals surface area contributed by atoms with Gasteiger partial charge in [0.05, 0.1) is 7.11 Å². The van der Waals surface area contributed by atoms with Gasteiger partial charge in [-0.05, 0) is 29.8 Å². The van der Waals surface area contributed by atoms with Gasteiger partial charge < -0.3 is 9.84 Å². The first-order valence-electron chi connectivity index (χ1n) is 6.21. The summed E-state index contributed by atoms with van der Waals surface area (Å²) in [7, 11) is 1.63. The summed E-state index contributed by atoms with van der Waals surface area (Å²) in [5.74, 6) is -0.0527. The van der Waals surface area contributed by atoms with Crippen molar-refractivity contribution >= 4 is 18.1 Å². The number of aromatic nitrogens is 1. The molecule has 0 spiro atoms. The van der Waals surface area contributed by atoms with Crippen molar-refractivity contribution in [3.05, 3.63) is 59.9 Å². The fourth-order valence-electron chi connectivity index (χ4n) is 1.83. The zero-order valence-electron chi connectivity index (χ0n) is 11.2. The van der Waals surface area contributed by atoms with E-state index in [0.717, 1.165) is 17.0 Å². The molecule has 0 saturated heterocycles. The highest BCUT2D eigenvalue weighted by Crippen LogP contribution is 2.13. The molecule has 0 unspecified atom stereocenters. The monoisotopic (exact) mass is 270 g/mol. The van der Waals surface area contributed by atoms with Gasteiger partial charge in [-0.15, -0.1) is 0 Å². The van der Waals surface area contributed by atoms with E-state index in [0.29, 0.717) is 0 Å². The molecule has 1 aromatic heterocycles. The highest BCUT2D eigenvalue weighted by Gasteiger charge is 2.10. The average molecular weight is 270 g/mol. The number of methoxy groups -OCH3 is 1. The first-order chi connectivity index (χ1) is 9.69. The van der Waals surface area contributed by atoms with Crippen LogP contribution in [0.15, 0.2) is 48.7 Å². The van der Waals surface area contributed by atoms with Crippen molar-refractivity contribution in [2.24, 2.45) is 0 Å². The summed E-state index contributed by atoms with van der Waals surface area (Å²) in [6, 6.07) is 13.2. The number of carbonyl (C=O) groups is 1. The Morgan fingerprint density at radius 2 is 1.95 bits per heavy atom. The summed E-state index contributed by atoms with van der Waals surface area (Å²) >= 11 is 0. The van der Waals surface area contributed by atoms with Gasteiger partial charge in [0.25, 0.3) is 0 Å². The van der Waals surface area contributed by atoms with Crippen LogP contribution in [0.2, 0.25) is 0 Å². The first-order valence-corrected chi connectivity index (χ1v) is 6.21. The lowest BCUT2D eigenvalue weighted by Crippen LogP contribution is -2.40. The molecular weight excluding hydrogens is 254 g/mol. The van der Waals surface area contributed by atoms with E-state index >= 15 is 0 Å². The Balaban J connectivity index is 2.19. The fourth-order valence-corrected chi connectivity index (χ4v) is 1.83. The predicted molar refractivity (Wildman–Crippen MR) is 76.2 cm³/mol. The number of nitrogens with zero attached hydrogens (tertiary/aromatic N) is 1. The van der Waals surface area contributed by atoms with Gasteiger partial charge in [0.15, 0.2) is 6.20 Å². The SMILES string of the molecule is COc1ccc(/C=C/c2cccc[n+]2CC(=O)O)cc1. The molecule has 0 fully saturated rings. The zero-order chi connectivity index (χ0) is 14.4. The molecule has 0 bridgehead atoms. The molecule has 2 rings (SSSR count). The smallest absolute Gasteiger partial charge is 0.370 e. The van der Waals surface area contributed by atoms with Crippen molar-refractivity contribution in [1.82, 2.24) is 0 Å². The molecule has 0 atom stereocenters. The molecule has 0 amide bonds. The van der Waals surface area contributed by atoms with Gasteiger partial charge in [-0.2, -0.15) is 4.57 Å². The minimum atomic E-state index is -0.861. The molecular formula is C16H16NO3+. The largest absolute Gasteiger partial charge is 0.497 e. The van der Waals surface area contributed by atoms with Crippen molar-refractivity contribution < 1.29 is 19.2 Å². The number of aliphatic carboxylic acids is 1. The Hall–Kier alpha value is -2.62. The third-order valence-corrected chi connectivity index (χ3v) is 2.84. The zero-order valence-corrected chi connectivity index (χ0v) is 11.2. The lowest BCUT2D eigenvalue weighted by Gasteiger charge is -1.99. The van der Waals surface area contributed by atoms with E-state index in [1.165, 1.54) is 0 Å². The lowest BCUT2D eigenvalue weighted by atomic mass is 10.2. The number of hydrogen-bond acceptors (Lipinski definition) is 2. The Labute approximate surface area is 117 Å². The maximum absolute atomic E-state index is 10.8. The number of benzene rings is 1. The van der Waals surface area contributed by atoms with Crippen LogP contribution >= 0.6 is 0 Å². The maximum Gasteiger partial charge on any atom is 0.370 e. The second kappa shape index (κ2) is 6.52. The van der Waals surface area contributed by atoms with Crippen molar-refractivity contribution in [1.29, 1.82) is 0 Å². The van der Waals surface area contributed by atoms with Crippen LogP contribution in [-0.2, 0) is 11.3 Å². The molecule has 1 aromatic carbocycles. The topological polar surface area (TPSA) is 50.4 Å². The van der Waals surface area contributed by atoms with E-state index in [1.54, 1.807) is 17.9 Å². The molecule has 0 aliphatic rings. The lowest BCUT2D eigenvalue weighted by molar-refractivity contribution is -0.687. The van der Waals surface area contributed by atoms with Gasteiger partial charge in [-0.1, -0.05) is 12.1 Å². The molecule has 4 nitrogen and oxygen atoms in total. The molecule has 4 heteroatoms. The molecule has 0 saturated carbocycles. The van der Waals surface area contributed by atoms with E-state index in [-0.39, 0.29) is 6.54 Å². The minimum absolute atomic E-state index is 0.0525. The number of rotatable bonds is 5. The number of carboxylic acids is 1. The van der Waals surface area contributed by atoms with Crippen LogP contribution in [0.5, 0.6) is 5.75 Å². The summed E-state index contributed by atoms with van der Waals surface area (Å²) in [5, 5.41) is 8.88. The molecule has 0 aliphatic carbocycles. The summed E-state index contributed by atoms with van der Waals surface area (Å²) in [4.78, 5) is 10.8. The minimum Gasteiger partial charge on any atom is -0.497 e. The first kappa shape index (κ1) is 13.8. The van der Waals surface area contributed by atoms with Crippen LogP contribution in [0.3, 0.4) is 0 Å². The van der Waals surface area contributed by atoms with E-state index in [9.17, 15) is 4.79 Å². The van der Waals surface area contributed by atoms with Crippen molar-refractivity contribution in [3.63, 3.8) is 0 Å². The molecule has 102 valence electrons. The average Bonchev–Trinajstić information content (AvgIpc) is 2.46. The molecule has 1 heterocycles. The quantitative estimate of drug-likeness (QED) is 0.848. The number of carboxylic acid groups (broad SMARTS) is 1. The third kappa shape index (κ3) is 3.68. The van der Waals surface area contributed by atoms with Crippen molar-refractivity contribution in [2.75, 3.05) is 7.11 Å². The Kier molecular flexibility index (Phi) is 4.50. The van der Waals surface area contributed by atoms with Gasteiger partial charge in [0, 0.05) is 18.2 Å². The van der Waals surface area contributed by atoms with Crippen LogP contribution in [-0.4, -0.2) is 18.2 Å². The number of ether oxygens (including phenoxy) is 1.